The molecule has 1 aromatic heterocycles. The molecule has 164 valence electrons. The van der Waals surface area contributed by atoms with E-state index in [1.807, 2.05) is 42.5 Å². The van der Waals surface area contributed by atoms with Crippen molar-refractivity contribution >= 4 is 16.9 Å². The number of nitrogens with one attached hydrogen (secondary N) is 2. The summed E-state index contributed by atoms with van der Waals surface area (Å²) in [6, 6.07) is 15.0. The Kier molecular flexibility index (Phi) is 7.19. The van der Waals surface area contributed by atoms with Crippen molar-refractivity contribution in [2.75, 3.05) is 6.61 Å². The molecule has 10 nitrogen and oxygen atoms in total. The maximum atomic E-state index is 11.4. The topological polar surface area (TPSA) is 154 Å². The highest BCUT2D eigenvalue weighted by Crippen LogP contribution is 2.26. The Morgan fingerprint density at radius 3 is 2.58 bits per heavy atom. The first kappa shape index (κ1) is 22.2. The van der Waals surface area contributed by atoms with Gasteiger partial charge in [0, 0.05) is 25.2 Å². The third-order valence-electron chi connectivity index (χ3n) is 4.86. The predicted molar refractivity (Wildman–Crippen MR) is 112 cm³/mol. The Bertz CT molecular complexity index is 1150. The van der Waals surface area contributed by atoms with E-state index >= 15 is 0 Å². The minimum Gasteiger partial charge on any atom is -0.465 e. The van der Waals surface area contributed by atoms with Gasteiger partial charge >= 0.3 is 11.8 Å². The number of aromatic nitrogens is 2. The van der Waals surface area contributed by atoms with Crippen molar-refractivity contribution in [3.63, 3.8) is 0 Å². The van der Waals surface area contributed by atoms with Gasteiger partial charge in [0.1, 0.15) is 12.3 Å². The van der Waals surface area contributed by atoms with Crippen LogP contribution in [0.25, 0.3) is 10.8 Å². The van der Waals surface area contributed by atoms with Crippen LogP contribution in [0, 0.1) is 0 Å². The molecule has 0 radical (unpaired) electrons. The number of benzene rings is 2. The average Bonchev–Trinajstić information content (AvgIpc) is 3.13. The van der Waals surface area contributed by atoms with Crippen molar-refractivity contribution in [3.05, 3.63) is 81.1 Å². The van der Waals surface area contributed by atoms with Gasteiger partial charge in [-0.1, -0.05) is 42.5 Å². The highest BCUT2D eigenvalue weighted by atomic mass is 16.5. The molecule has 1 aliphatic rings. The zero-order valence-electron chi connectivity index (χ0n) is 16.5. The van der Waals surface area contributed by atoms with Crippen molar-refractivity contribution in [2.45, 2.75) is 31.4 Å². The molecule has 31 heavy (non-hydrogen) atoms. The van der Waals surface area contributed by atoms with Gasteiger partial charge in [0.05, 0.1) is 12.7 Å². The first-order chi connectivity index (χ1) is 14.9. The number of fused-ring (bicyclic) bond motifs is 1. The Balaban J connectivity index is 0.000000176. The minimum atomic E-state index is -0.997. The lowest BCUT2D eigenvalue weighted by Crippen LogP contribution is -2.31. The van der Waals surface area contributed by atoms with Gasteiger partial charge in [0.25, 0.3) is 5.56 Å². The molecule has 4 rings (SSSR count). The van der Waals surface area contributed by atoms with Crippen LogP contribution in [-0.2, 0) is 11.3 Å². The largest absolute Gasteiger partial charge is 0.465 e. The van der Waals surface area contributed by atoms with E-state index in [9.17, 15) is 19.5 Å². The molecular formula is C21H23N3O7. The number of aromatic amines is 1. The fourth-order valence-corrected chi connectivity index (χ4v) is 3.32. The molecule has 0 aliphatic carbocycles. The van der Waals surface area contributed by atoms with E-state index in [-0.39, 0.29) is 13.0 Å². The number of carbonyl (C=O) groups is 1. The molecule has 0 bridgehead atoms. The number of aliphatic hydroxyl groups is 2. The van der Waals surface area contributed by atoms with Crippen LogP contribution in [0.15, 0.2) is 64.3 Å². The second kappa shape index (κ2) is 10.0. The monoisotopic (exact) mass is 429 g/mol. The van der Waals surface area contributed by atoms with E-state index < -0.39 is 35.8 Å². The van der Waals surface area contributed by atoms with Crippen LogP contribution < -0.4 is 16.6 Å². The van der Waals surface area contributed by atoms with Gasteiger partial charge < -0.3 is 25.4 Å². The SMILES string of the molecule is O=C(O)NCc1cccc2ccccc12.O=c1ccn([C@H]2C[C@H](O)[C@@H](CO)O2)c(=O)[nH]1. The zero-order chi connectivity index (χ0) is 22.4. The predicted octanol–water partition coefficient (Wildman–Crippen LogP) is 0.785. The molecule has 1 aliphatic heterocycles. The summed E-state index contributed by atoms with van der Waals surface area (Å²) in [5, 5.41) is 31.5. The molecule has 0 spiro atoms. The summed E-state index contributed by atoms with van der Waals surface area (Å²) in [7, 11) is 0. The Hall–Kier alpha value is -3.47. The van der Waals surface area contributed by atoms with Gasteiger partial charge in [-0.15, -0.1) is 0 Å². The fourth-order valence-electron chi connectivity index (χ4n) is 3.32. The summed E-state index contributed by atoms with van der Waals surface area (Å²) < 4.78 is 6.45. The molecular weight excluding hydrogens is 406 g/mol. The van der Waals surface area contributed by atoms with Crippen molar-refractivity contribution in [2.24, 2.45) is 0 Å². The maximum Gasteiger partial charge on any atom is 0.404 e. The number of carboxylic acid groups (broad SMARTS) is 1. The van der Waals surface area contributed by atoms with Crippen molar-refractivity contribution in [3.8, 4) is 0 Å². The molecule has 1 fully saturated rings. The second-order valence-electron chi connectivity index (χ2n) is 6.93. The molecule has 2 aromatic carbocycles. The summed E-state index contributed by atoms with van der Waals surface area (Å²) >= 11 is 0. The van der Waals surface area contributed by atoms with Gasteiger partial charge in [-0.05, 0) is 16.3 Å². The summed E-state index contributed by atoms with van der Waals surface area (Å²) in [6.45, 7) is 0.0342. The summed E-state index contributed by atoms with van der Waals surface area (Å²) in [4.78, 5) is 34.7. The Labute approximate surface area is 176 Å². The fraction of sp³-hybridized carbons (Fsp3) is 0.286. The van der Waals surface area contributed by atoms with Crippen LogP contribution in [0.2, 0.25) is 0 Å². The van der Waals surface area contributed by atoms with Gasteiger partial charge in [0.2, 0.25) is 0 Å². The molecule has 3 aromatic rings. The van der Waals surface area contributed by atoms with E-state index in [2.05, 4.69) is 10.3 Å². The second-order valence-corrected chi connectivity index (χ2v) is 6.93. The lowest BCUT2D eigenvalue weighted by Gasteiger charge is -2.13. The number of hydrogen-bond donors (Lipinski definition) is 5. The number of aliphatic hydroxyl groups excluding tert-OH is 2. The lowest BCUT2D eigenvalue weighted by atomic mass is 10.0. The number of H-pyrrole nitrogens is 1. The van der Waals surface area contributed by atoms with E-state index in [0.29, 0.717) is 6.54 Å². The average molecular weight is 429 g/mol. The first-order valence-electron chi connectivity index (χ1n) is 9.58. The normalized spacial score (nSPS) is 20.1. The molecule has 10 heteroatoms. The van der Waals surface area contributed by atoms with Crippen molar-refractivity contribution < 1.29 is 24.9 Å². The number of rotatable bonds is 4. The summed E-state index contributed by atoms with van der Waals surface area (Å²) in [6.07, 6.45) is -1.65. The smallest absolute Gasteiger partial charge is 0.404 e. The van der Waals surface area contributed by atoms with Gasteiger partial charge in [0.15, 0.2) is 0 Å². The van der Waals surface area contributed by atoms with Crippen molar-refractivity contribution in [1.82, 2.24) is 14.9 Å². The highest BCUT2D eigenvalue weighted by molar-refractivity contribution is 5.85. The van der Waals surface area contributed by atoms with Gasteiger partial charge in [-0.3, -0.25) is 14.3 Å². The summed E-state index contributed by atoms with van der Waals surface area (Å²) in [5.41, 5.74) is -0.0858. The molecule has 1 amide bonds. The quantitative estimate of drug-likeness (QED) is 0.411. The standard InChI is InChI=1S/C12H11NO2.C9H12N2O5/c14-12(15)13-8-10-6-3-5-9-4-1-2-7-11(9)10;12-4-6-5(13)3-8(16-6)11-2-1-7(14)10-9(11)15/h1-7,13H,8H2,(H,14,15);1-2,5-6,8,12-13H,3-4H2,(H,10,14,15)/t;5-,6+,8+/m.0/s1. The maximum absolute atomic E-state index is 11.4. The number of hydrogen-bond acceptors (Lipinski definition) is 6. The molecule has 2 heterocycles. The third kappa shape index (κ3) is 5.57. The zero-order valence-corrected chi connectivity index (χ0v) is 16.5. The Morgan fingerprint density at radius 2 is 1.90 bits per heavy atom. The van der Waals surface area contributed by atoms with Crippen molar-refractivity contribution in [1.29, 1.82) is 0 Å². The lowest BCUT2D eigenvalue weighted by molar-refractivity contribution is -0.0459. The summed E-state index contributed by atoms with van der Waals surface area (Å²) in [5.74, 6) is 0. The molecule has 0 saturated carbocycles. The van der Waals surface area contributed by atoms with Crippen LogP contribution in [0.5, 0.6) is 0 Å². The molecule has 5 N–H and O–H groups in total. The number of ether oxygens (including phenoxy) is 1. The van der Waals surface area contributed by atoms with Gasteiger partial charge in [-0.2, -0.15) is 0 Å². The van der Waals surface area contributed by atoms with E-state index in [4.69, 9.17) is 14.9 Å². The van der Waals surface area contributed by atoms with E-state index in [1.165, 1.54) is 16.8 Å². The number of nitrogens with zero attached hydrogens (tertiary/aromatic N) is 1. The molecule has 0 unspecified atom stereocenters. The van der Waals surface area contributed by atoms with Crippen LogP contribution in [-0.4, -0.2) is 49.8 Å². The molecule has 3 atom stereocenters. The van der Waals surface area contributed by atoms with Crippen LogP contribution in [0.3, 0.4) is 0 Å². The van der Waals surface area contributed by atoms with Crippen LogP contribution in [0.1, 0.15) is 18.2 Å². The third-order valence-corrected chi connectivity index (χ3v) is 4.86. The Morgan fingerprint density at radius 1 is 1.16 bits per heavy atom. The van der Waals surface area contributed by atoms with E-state index in [1.54, 1.807) is 0 Å². The van der Waals surface area contributed by atoms with E-state index in [0.717, 1.165) is 16.3 Å². The van der Waals surface area contributed by atoms with Crippen LogP contribution >= 0.6 is 0 Å². The van der Waals surface area contributed by atoms with Crippen LogP contribution in [0.4, 0.5) is 4.79 Å². The minimum absolute atomic E-state index is 0.206. The highest BCUT2D eigenvalue weighted by Gasteiger charge is 2.34. The van der Waals surface area contributed by atoms with Gasteiger partial charge in [-0.25, -0.2) is 9.59 Å². The molecule has 1 saturated heterocycles. The first-order valence-corrected chi connectivity index (χ1v) is 9.58. The number of amides is 1.